The monoisotopic (exact) mass is 647 g/mol. The Kier molecular flexibility index (Phi) is 28.0. The summed E-state index contributed by atoms with van der Waals surface area (Å²) in [5.74, 6) is -0.211. The predicted octanol–water partition coefficient (Wildman–Crippen LogP) is 8.22. The minimum Gasteiger partial charge on any atom is -0.756 e. The largest absolute Gasteiger partial charge is 0.756 e. The van der Waals surface area contributed by atoms with Gasteiger partial charge in [0.15, 0.2) is 0 Å². The highest BCUT2D eigenvalue weighted by molar-refractivity contribution is 7.45. The Bertz CT molecular complexity index is 743. The number of phosphoric ester groups is 1. The Morgan fingerprint density at radius 2 is 1.23 bits per heavy atom. The van der Waals surface area contributed by atoms with E-state index in [2.05, 4.69) is 19.2 Å². The van der Waals surface area contributed by atoms with Crippen LogP contribution in [0.2, 0.25) is 0 Å². The van der Waals surface area contributed by atoms with Crippen molar-refractivity contribution in [2.45, 2.75) is 167 Å². The number of unbranched alkanes of at least 4 members (excludes halogenated alkanes) is 19. The first-order valence-corrected chi connectivity index (χ1v) is 19.5. The summed E-state index contributed by atoms with van der Waals surface area (Å²) in [6.45, 7) is 4.53. The van der Waals surface area contributed by atoms with Gasteiger partial charge in [0, 0.05) is 6.42 Å². The standard InChI is InChI=1S/C35H71N2O6P/c1-6-8-10-12-13-14-15-16-17-18-19-20-21-22-23-25-26-28-34(38)33(36-35(39)29-27-24-11-9-7-2)32-43-44(40,41)42-31-30-37(3,4)5/h26,28,33-34,38H,6-25,27,29-32H2,1-5H3,(H-,36,39,40,41)/b28-26+. The van der Waals surface area contributed by atoms with E-state index in [4.69, 9.17) is 9.05 Å². The van der Waals surface area contributed by atoms with Gasteiger partial charge in [-0.3, -0.25) is 9.36 Å². The van der Waals surface area contributed by atoms with Crippen LogP contribution < -0.4 is 10.2 Å². The molecule has 44 heavy (non-hydrogen) atoms. The lowest BCUT2D eigenvalue weighted by Gasteiger charge is -2.29. The van der Waals surface area contributed by atoms with Gasteiger partial charge in [0.1, 0.15) is 13.2 Å². The van der Waals surface area contributed by atoms with E-state index < -0.39 is 20.0 Å². The predicted molar refractivity (Wildman–Crippen MR) is 182 cm³/mol. The number of nitrogens with zero attached hydrogens (tertiary/aromatic N) is 1. The van der Waals surface area contributed by atoms with Crippen LogP contribution in [0.1, 0.15) is 155 Å². The lowest BCUT2D eigenvalue weighted by molar-refractivity contribution is -0.870. The molecule has 0 rings (SSSR count). The molecule has 0 aromatic carbocycles. The maximum absolute atomic E-state index is 12.5. The summed E-state index contributed by atoms with van der Waals surface area (Å²) in [6.07, 6.45) is 28.6. The molecular weight excluding hydrogens is 575 g/mol. The highest BCUT2D eigenvalue weighted by Gasteiger charge is 2.23. The van der Waals surface area contributed by atoms with Crippen molar-refractivity contribution in [3.8, 4) is 0 Å². The van der Waals surface area contributed by atoms with Crippen LogP contribution in [0.25, 0.3) is 0 Å². The van der Waals surface area contributed by atoms with Crippen LogP contribution in [0.4, 0.5) is 0 Å². The van der Waals surface area contributed by atoms with E-state index in [1.54, 1.807) is 6.08 Å². The number of nitrogens with one attached hydrogen (secondary N) is 1. The molecule has 9 heteroatoms. The molecule has 0 saturated carbocycles. The summed E-state index contributed by atoms with van der Waals surface area (Å²) in [5.41, 5.74) is 0. The molecule has 0 aliphatic heterocycles. The third kappa shape index (κ3) is 29.9. The second-order valence-electron chi connectivity index (χ2n) is 13.6. The Morgan fingerprint density at radius 3 is 1.70 bits per heavy atom. The maximum Gasteiger partial charge on any atom is 0.268 e. The maximum atomic E-state index is 12.5. The molecule has 8 nitrogen and oxygen atoms in total. The second-order valence-corrected chi connectivity index (χ2v) is 15.0. The molecule has 0 spiro atoms. The van der Waals surface area contributed by atoms with Crippen molar-refractivity contribution in [3.05, 3.63) is 12.2 Å². The summed E-state index contributed by atoms with van der Waals surface area (Å²) in [7, 11) is 1.26. The number of hydrogen-bond donors (Lipinski definition) is 2. The summed E-state index contributed by atoms with van der Waals surface area (Å²) in [6, 6.07) is -0.875. The normalized spacial score (nSPS) is 15.0. The van der Waals surface area contributed by atoms with E-state index in [0.29, 0.717) is 17.4 Å². The highest BCUT2D eigenvalue weighted by atomic mass is 31.2. The zero-order chi connectivity index (χ0) is 32.9. The van der Waals surface area contributed by atoms with Gasteiger partial charge < -0.3 is 28.8 Å². The van der Waals surface area contributed by atoms with Gasteiger partial charge in [0.25, 0.3) is 7.82 Å². The van der Waals surface area contributed by atoms with Crippen molar-refractivity contribution < 1.29 is 32.9 Å². The van der Waals surface area contributed by atoms with Gasteiger partial charge in [0.2, 0.25) is 5.91 Å². The molecule has 0 aliphatic rings. The molecule has 3 unspecified atom stereocenters. The fourth-order valence-corrected chi connectivity index (χ4v) is 5.76. The molecule has 0 saturated heterocycles. The third-order valence-electron chi connectivity index (χ3n) is 8.00. The topological polar surface area (TPSA) is 108 Å². The molecule has 0 aliphatic carbocycles. The SMILES string of the molecule is CCCCCCCCCCCCCCCCC/C=C/C(O)C(COP(=O)([O-])OCC[N+](C)(C)C)NC(=O)CCCCCCC. The van der Waals surface area contributed by atoms with Crippen molar-refractivity contribution in [2.24, 2.45) is 0 Å². The van der Waals surface area contributed by atoms with Crippen LogP contribution in [-0.2, 0) is 18.4 Å². The number of phosphoric acid groups is 1. The van der Waals surface area contributed by atoms with Gasteiger partial charge >= 0.3 is 0 Å². The summed E-state index contributed by atoms with van der Waals surface area (Å²) in [5, 5.41) is 13.6. The van der Waals surface area contributed by atoms with Gasteiger partial charge in [-0.15, -0.1) is 0 Å². The number of amides is 1. The van der Waals surface area contributed by atoms with Crippen molar-refractivity contribution in [3.63, 3.8) is 0 Å². The van der Waals surface area contributed by atoms with E-state index in [9.17, 15) is 19.4 Å². The van der Waals surface area contributed by atoms with Gasteiger partial charge in [-0.25, -0.2) is 0 Å². The first-order chi connectivity index (χ1) is 21.0. The van der Waals surface area contributed by atoms with Crippen molar-refractivity contribution in [2.75, 3.05) is 40.9 Å². The Morgan fingerprint density at radius 1 is 0.773 bits per heavy atom. The van der Waals surface area contributed by atoms with Crippen molar-refractivity contribution in [1.29, 1.82) is 0 Å². The number of hydrogen-bond acceptors (Lipinski definition) is 6. The second kappa shape index (κ2) is 28.5. The van der Waals surface area contributed by atoms with Crippen LogP contribution in [0.15, 0.2) is 12.2 Å². The van der Waals surface area contributed by atoms with E-state index in [1.807, 2.05) is 27.2 Å². The van der Waals surface area contributed by atoms with Crippen molar-refractivity contribution >= 4 is 13.7 Å². The number of likely N-dealkylation sites (N-methyl/N-ethyl adjacent to an activating group) is 1. The number of carbonyl (C=O) groups excluding carboxylic acids is 1. The number of aliphatic hydroxyl groups is 1. The molecule has 0 radical (unpaired) electrons. The number of allylic oxidation sites excluding steroid dienone is 1. The van der Waals surface area contributed by atoms with Gasteiger partial charge in [-0.1, -0.05) is 142 Å². The average molecular weight is 647 g/mol. The number of carbonyl (C=O) groups is 1. The zero-order valence-electron chi connectivity index (χ0n) is 29.4. The average Bonchev–Trinajstić information content (AvgIpc) is 2.95. The van der Waals surface area contributed by atoms with E-state index in [0.717, 1.165) is 51.4 Å². The molecule has 262 valence electrons. The quantitative estimate of drug-likeness (QED) is 0.0330. The molecule has 3 atom stereocenters. The molecule has 0 bridgehead atoms. The lowest BCUT2D eigenvalue weighted by atomic mass is 10.0. The van der Waals surface area contributed by atoms with Gasteiger partial charge in [-0.05, 0) is 19.3 Å². The molecular formula is C35H71N2O6P. The molecule has 0 fully saturated rings. The summed E-state index contributed by atoms with van der Waals surface area (Å²) in [4.78, 5) is 24.8. The van der Waals surface area contributed by atoms with Crippen LogP contribution >= 0.6 is 7.82 Å². The third-order valence-corrected chi connectivity index (χ3v) is 8.96. The summed E-state index contributed by atoms with van der Waals surface area (Å²) < 4.78 is 22.9. The Hall–Kier alpha value is -0.760. The molecule has 1 amide bonds. The molecule has 2 N–H and O–H groups in total. The first kappa shape index (κ1) is 43.2. The van der Waals surface area contributed by atoms with Gasteiger partial charge in [-0.2, -0.15) is 0 Å². The lowest BCUT2D eigenvalue weighted by Crippen LogP contribution is -2.45. The van der Waals surface area contributed by atoms with Crippen LogP contribution in [0.5, 0.6) is 0 Å². The van der Waals surface area contributed by atoms with Crippen LogP contribution in [0.3, 0.4) is 0 Å². The van der Waals surface area contributed by atoms with Crippen molar-refractivity contribution in [1.82, 2.24) is 5.32 Å². The van der Waals surface area contributed by atoms with Crippen LogP contribution in [-0.4, -0.2) is 68.5 Å². The van der Waals surface area contributed by atoms with Crippen LogP contribution in [0, 0.1) is 0 Å². The summed E-state index contributed by atoms with van der Waals surface area (Å²) >= 11 is 0. The highest BCUT2D eigenvalue weighted by Crippen LogP contribution is 2.38. The Balaban J connectivity index is 4.37. The minimum atomic E-state index is -4.56. The fraction of sp³-hybridized carbons (Fsp3) is 0.914. The Labute approximate surface area is 272 Å². The fourth-order valence-electron chi connectivity index (χ4n) is 5.03. The molecule has 0 aromatic heterocycles. The van der Waals surface area contributed by atoms with E-state index >= 15 is 0 Å². The number of quaternary nitrogens is 1. The number of aliphatic hydroxyl groups excluding tert-OH is 1. The first-order valence-electron chi connectivity index (χ1n) is 18.1. The molecule has 0 heterocycles. The zero-order valence-corrected chi connectivity index (χ0v) is 30.3. The molecule has 0 aromatic rings. The van der Waals surface area contributed by atoms with E-state index in [1.165, 1.54) is 83.5 Å². The van der Waals surface area contributed by atoms with Gasteiger partial charge in [0.05, 0.1) is 39.9 Å². The minimum absolute atomic E-state index is 0.000768. The smallest absolute Gasteiger partial charge is 0.268 e. The number of rotatable bonds is 32. The van der Waals surface area contributed by atoms with E-state index in [-0.39, 0.29) is 19.1 Å².